The second-order valence-corrected chi connectivity index (χ2v) is 5.05. The fourth-order valence-corrected chi connectivity index (χ4v) is 1.80. The second kappa shape index (κ2) is 3.76. The van der Waals surface area contributed by atoms with Gasteiger partial charge in [-0.05, 0) is 46.3 Å². The zero-order valence-electron chi connectivity index (χ0n) is 7.67. The minimum atomic E-state index is -4.02. The molecule has 0 fully saturated rings. The Morgan fingerprint density at radius 2 is 1.88 bits per heavy atom. The lowest BCUT2D eigenvalue weighted by atomic mass is 10.3. The molecule has 1 unspecified atom stereocenters. The lowest BCUT2D eigenvalue weighted by Crippen LogP contribution is -2.36. The highest BCUT2D eigenvalue weighted by Crippen LogP contribution is 2.46. The van der Waals surface area contributed by atoms with Crippen LogP contribution in [-0.4, -0.2) is 14.9 Å². The summed E-state index contributed by atoms with van der Waals surface area (Å²) in [5.74, 6) is 0. The van der Waals surface area contributed by atoms with Crippen LogP contribution in [0.3, 0.4) is 0 Å². The van der Waals surface area contributed by atoms with E-state index in [0.29, 0.717) is 5.52 Å². The predicted molar refractivity (Wildman–Crippen MR) is 63.6 cm³/mol. The quantitative estimate of drug-likeness (QED) is 0.587. The molecule has 0 aliphatic rings. The fraction of sp³-hybridized carbons (Fsp3) is 0.222. The lowest BCUT2D eigenvalue weighted by Gasteiger charge is -2.24. The van der Waals surface area contributed by atoms with Gasteiger partial charge >= 0.3 is 9.18 Å². The first-order chi connectivity index (χ1) is 7.34. The molecule has 0 saturated carbocycles. The van der Waals surface area contributed by atoms with Gasteiger partial charge in [0, 0.05) is 0 Å². The molecule has 1 heterocycles. The van der Waals surface area contributed by atoms with Gasteiger partial charge in [0.2, 0.25) is 0 Å². The molecule has 7 heteroatoms. The second-order valence-electron chi connectivity index (χ2n) is 3.14. The van der Waals surface area contributed by atoms with Crippen LogP contribution >= 0.6 is 34.2 Å². The van der Waals surface area contributed by atoms with Crippen molar-refractivity contribution in [3.05, 3.63) is 30.6 Å². The van der Waals surface area contributed by atoms with Gasteiger partial charge < -0.3 is 0 Å². The summed E-state index contributed by atoms with van der Waals surface area (Å²) in [4.78, 5) is 3.82. The third kappa shape index (κ3) is 1.77. The maximum absolute atomic E-state index is 13.9. The standard InChI is InChI=1S/C9H5ClF3IN2/c10-8(11,12)9(13,14)16-5-15-6-3-1-2-4-7(6)16/h1-5H. The first-order valence-corrected chi connectivity index (χ1v) is 5.67. The lowest BCUT2D eigenvalue weighted by molar-refractivity contribution is -0.0438. The minimum absolute atomic E-state index is 0.264. The van der Waals surface area contributed by atoms with Crippen molar-refractivity contribution in [3.8, 4) is 0 Å². The Hall–Kier alpha value is -0.500. The molecule has 0 aliphatic heterocycles. The van der Waals surface area contributed by atoms with E-state index in [9.17, 15) is 13.2 Å². The Morgan fingerprint density at radius 3 is 2.50 bits per heavy atom. The van der Waals surface area contributed by atoms with Crippen LogP contribution in [0.2, 0.25) is 0 Å². The molecule has 0 bridgehead atoms. The molecule has 16 heavy (non-hydrogen) atoms. The van der Waals surface area contributed by atoms with Gasteiger partial charge in [-0.3, -0.25) is 4.57 Å². The zero-order valence-corrected chi connectivity index (χ0v) is 10.6. The molecule has 2 nitrogen and oxygen atoms in total. The number of nitrogens with zero attached hydrogens (tertiary/aromatic N) is 2. The summed E-state index contributed by atoms with van der Waals surface area (Å²) >= 11 is 5.72. The maximum Gasteiger partial charge on any atom is 0.383 e. The maximum atomic E-state index is 13.9. The van der Waals surface area contributed by atoms with E-state index in [2.05, 4.69) is 4.98 Å². The molecule has 86 valence electrons. The number of hydrogen-bond acceptors (Lipinski definition) is 1. The third-order valence-electron chi connectivity index (χ3n) is 2.10. The van der Waals surface area contributed by atoms with Gasteiger partial charge in [0.05, 0.1) is 17.4 Å². The summed E-state index contributed by atoms with van der Waals surface area (Å²) in [7, 11) is 0. The average Bonchev–Trinajstić information content (AvgIpc) is 2.59. The molecule has 0 spiro atoms. The van der Waals surface area contributed by atoms with Gasteiger partial charge in [0.15, 0.2) is 0 Å². The summed E-state index contributed by atoms with van der Waals surface area (Å²) in [5.41, 5.74) is 0.696. The minimum Gasteiger partial charge on any atom is -0.282 e. The number of hydrogen-bond donors (Lipinski definition) is 0. The number of imidazole rings is 1. The van der Waals surface area contributed by atoms with E-state index >= 15 is 0 Å². The monoisotopic (exact) mass is 360 g/mol. The summed E-state index contributed by atoms with van der Waals surface area (Å²) in [6.45, 7) is 0. The molecule has 0 saturated heterocycles. The average molecular weight is 361 g/mol. The fourth-order valence-electron chi connectivity index (χ4n) is 1.32. The van der Waals surface area contributed by atoms with E-state index in [1.54, 1.807) is 18.2 Å². The Morgan fingerprint density at radius 1 is 1.25 bits per heavy atom. The molecule has 1 aromatic carbocycles. The van der Waals surface area contributed by atoms with Crippen LogP contribution in [0.4, 0.5) is 13.2 Å². The number of benzene rings is 1. The molecular formula is C9H5ClF3IN2. The molecule has 0 radical (unpaired) electrons. The number of aromatic nitrogens is 2. The van der Waals surface area contributed by atoms with Gasteiger partial charge in [-0.1, -0.05) is 12.1 Å². The van der Waals surface area contributed by atoms with Crippen molar-refractivity contribution in [1.29, 1.82) is 0 Å². The molecule has 1 atom stereocenters. The van der Waals surface area contributed by atoms with E-state index in [0.717, 1.165) is 33.5 Å². The Balaban J connectivity index is 2.64. The molecule has 1 aromatic heterocycles. The highest BCUT2D eigenvalue weighted by atomic mass is 127. The molecule has 0 N–H and O–H groups in total. The number of fused-ring (bicyclic) bond motifs is 1. The van der Waals surface area contributed by atoms with Gasteiger partial charge in [-0.2, -0.15) is 13.2 Å². The molecule has 0 aliphatic carbocycles. The van der Waals surface area contributed by atoms with E-state index in [4.69, 9.17) is 11.6 Å². The van der Waals surface area contributed by atoms with Crippen LogP contribution in [-0.2, 0) is 3.80 Å². The van der Waals surface area contributed by atoms with Crippen LogP contribution in [0.5, 0.6) is 0 Å². The summed E-state index contributed by atoms with van der Waals surface area (Å²) in [6.07, 6.45) is 1.01. The van der Waals surface area contributed by atoms with Crippen LogP contribution in [0.1, 0.15) is 0 Å². The van der Waals surface area contributed by atoms with Gasteiger partial charge in [-0.25, -0.2) is 4.98 Å². The van der Waals surface area contributed by atoms with Gasteiger partial charge in [0.1, 0.15) is 0 Å². The van der Waals surface area contributed by atoms with Crippen molar-refractivity contribution in [3.63, 3.8) is 0 Å². The van der Waals surface area contributed by atoms with Gasteiger partial charge in [-0.15, -0.1) is 0 Å². The van der Waals surface area contributed by atoms with Gasteiger partial charge in [0.25, 0.3) is 0 Å². The highest BCUT2D eigenvalue weighted by Gasteiger charge is 2.54. The Labute approximate surface area is 108 Å². The van der Waals surface area contributed by atoms with Crippen molar-refractivity contribution in [2.75, 3.05) is 0 Å². The third-order valence-corrected chi connectivity index (χ3v) is 3.86. The van der Waals surface area contributed by atoms with Crippen molar-refractivity contribution >= 4 is 45.2 Å². The first-order valence-electron chi connectivity index (χ1n) is 4.21. The van der Waals surface area contributed by atoms with E-state index in [1.165, 1.54) is 6.07 Å². The first kappa shape index (κ1) is 12.0. The summed E-state index contributed by atoms with van der Waals surface area (Å²) in [6, 6.07) is 6.40. The van der Waals surface area contributed by atoms with Crippen LogP contribution in [0.25, 0.3) is 11.0 Å². The Bertz CT molecular complexity index is 521. The zero-order chi connectivity index (χ0) is 12.0. The molecule has 0 amide bonds. The Kier molecular flexibility index (Phi) is 2.82. The smallest absolute Gasteiger partial charge is 0.282 e. The summed E-state index contributed by atoms with van der Waals surface area (Å²) < 4.78 is 37.4. The van der Waals surface area contributed by atoms with E-state index in [-0.39, 0.29) is 5.52 Å². The number of halogens is 5. The van der Waals surface area contributed by atoms with Crippen molar-refractivity contribution < 1.29 is 13.2 Å². The van der Waals surface area contributed by atoms with Crippen molar-refractivity contribution in [2.24, 2.45) is 0 Å². The summed E-state index contributed by atoms with van der Waals surface area (Å²) in [5, 5.41) is -4.02. The molecule has 2 aromatic rings. The number of alkyl halides is 5. The SMILES string of the molecule is FC(F)(Cl)C(F)(I)n1cnc2ccccc21. The largest absolute Gasteiger partial charge is 0.383 e. The van der Waals surface area contributed by atoms with E-state index in [1.807, 2.05) is 0 Å². The van der Waals surface area contributed by atoms with E-state index < -0.39 is 9.18 Å². The van der Waals surface area contributed by atoms with Crippen LogP contribution in [0.15, 0.2) is 30.6 Å². The topological polar surface area (TPSA) is 17.8 Å². The molecular weight excluding hydrogens is 355 g/mol. The molecule has 2 rings (SSSR count). The predicted octanol–water partition coefficient (Wildman–Crippen LogP) is 3.88. The van der Waals surface area contributed by atoms with Crippen molar-refractivity contribution in [2.45, 2.75) is 9.18 Å². The van der Waals surface area contributed by atoms with Crippen LogP contribution in [0, 0.1) is 0 Å². The highest BCUT2D eigenvalue weighted by molar-refractivity contribution is 14.1. The number of rotatable bonds is 2. The normalized spacial score (nSPS) is 16.3. The number of para-hydroxylation sites is 2. The van der Waals surface area contributed by atoms with Crippen molar-refractivity contribution in [1.82, 2.24) is 9.55 Å². The van der Waals surface area contributed by atoms with Crippen LogP contribution < -0.4 is 0 Å².